The Balaban J connectivity index is 2.23. The Morgan fingerprint density at radius 1 is 1.06 bits per heavy atom. The highest BCUT2D eigenvalue weighted by Gasteiger charge is 2.35. The van der Waals surface area contributed by atoms with Crippen LogP contribution in [0.25, 0.3) is 0 Å². The predicted molar refractivity (Wildman–Crippen MR) is 78.6 cm³/mol. The van der Waals surface area contributed by atoms with Crippen LogP contribution in [0.2, 0.25) is 0 Å². The summed E-state index contributed by atoms with van der Waals surface area (Å²) in [4.78, 5) is 0. The lowest BCUT2D eigenvalue weighted by atomic mass is 9.69. The summed E-state index contributed by atoms with van der Waals surface area (Å²) in [6, 6.07) is 9.00. The van der Waals surface area contributed by atoms with Crippen LogP contribution in [-0.4, -0.2) is 0 Å². The van der Waals surface area contributed by atoms with Crippen molar-refractivity contribution in [3.63, 3.8) is 0 Å². The number of benzene rings is 1. The van der Waals surface area contributed by atoms with Crippen molar-refractivity contribution in [2.24, 2.45) is 17.6 Å². The fourth-order valence-corrected chi connectivity index (χ4v) is 3.62. The minimum atomic E-state index is -0.105. The molecule has 0 aromatic heterocycles. The third kappa shape index (κ3) is 2.77. The Morgan fingerprint density at radius 2 is 1.56 bits per heavy atom. The van der Waals surface area contributed by atoms with Crippen LogP contribution in [0.1, 0.15) is 64.0 Å². The standard InChI is InChI=1S/C17H27N/c1-12(2)15-5-7-16(8-6-15)17(18)10-13(3)9-14(4)11-17/h5-8,12-14H,9-11,18H2,1-4H3. The minimum Gasteiger partial charge on any atom is -0.321 e. The molecule has 1 fully saturated rings. The van der Waals surface area contributed by atoms with Crippen molar-refractivity contribution in [3.8, 4) is 0 Å². The molecule has 0 radical (unpaired) electrons. The SMILES string of the molecule is CC1CC(C)CC(N)(c2ccc(C(C)C)cc2)C1. The number of hydrogen-bond donors (Lipinski definition) is 1. The molecule has 0 amide bonds. The molecule has 2 N–H and O–H groups in total. The number of nitrogens with two attached hydrogens (primary N) is 1. The van der Waals surface area contributed by atoms with E-state index in [1.54, 1.807) is 0 Å². The summed E-state index contributed by atoms with van der Waals surface area (Å²) in [6.45, 7) is 9.13. The minimum absolute atomic E-state index is 0.105. The quantitative estimate of drug-likeness (QED) is 0.820. The van der Waals surface area contributed by atoms with E-state index < -0.39 is 0 Å². The van der Waals surface area contributed by atoms with E-state index >= 15 is 0 Å². The van der Waals surface area contributed by atoms with Crippen molar-refractivity contribution in [1.29, 1.82) is 0 Å². The van der Waals surface area contributed by atoms with Gasteiger partial charge < -0.3 is 5.73 Å². The molecule has 0 heterocycles. The van der Waals surface area contributed by atoms with Gasteiger partial charge in [-0.05, 0) is 48.1 Å². The summed E-state index contributed by atoms with van der Waals surface area (Å²) >= 11 is 0. The molecule has 2 unspecified atom stereocenters. The monoisotopic (exact) mass is 245 g/mol. The van der Waals surface area contributed by atoms with Gasteiger partial charge in [0, 0.05) is 5.54 Å². The molecule has 0 bridgehead atoms. The molecule has 18 heavy (non-hydrogen) atoms. The van der Waals surface area contributed by atoms with Gasteiger partial charge in [0.1, 0.15) is 0 Å². The number of rotatable bonds is 2. The van der Waals surface area contributed by atoms with Crippen LogP contribution in [0.15, 0.2) is 24.3 Å². The molecule has 2 rings (SSSR count). The normalized spacial score (nSPS) is 32.8. The average molecular weight is 245 g/mol. The second kappa shape index (κ2) is 5.05. The summed E-state index contributed by atoms with van der Waals surface area (Å²) < 4.78 is 0. The van der Waals surface area contributed by atoms with E-state index in [4.69, 9.17) is 5.73 Å². The van der Waals surface area contributed by atoms with E-state index in [0.717, 1.165) is 24.7 Å². The van der Waals surface area contributed by atoms with Crippen molar-refractivity contribution in [1.82, 2.24) is 0 Å². The van der Waals surface area contributed by atoms with Gasteiger partial charge in [0.2, 0.25) is 0 Å². The summed E-state index contributed by atoms with van der Waals surface area (Å²) in [7, 11) is 0. The van der Waals surface area contributed by atoms with Crippen LogP contribution in [0.5, 0.6) is 0 Å². The molecule has 1 nitrogen and oxygen atoms in total. The van der Waals surface area contributed by atoms with Gasteiger partial charge in [0.25, 0.3) is 0 Å². The highest BCUT2D eigenvalue weighted by Crippen LogP contribution is 2.40. The highest BCUT2D eigenvalue weighted by atomic mass is 14.8. The zero-order chi connectivity index (χ0) is 13.3. The maximum absolute atomic E-state index is 6.69. The van der Waals surface area contributed by atoms with Gasteiger partial charge >= 0.3 is 0 Å². The van der Waals surface area contributed by atoms with Gasteiger partial charge in [-0.15, -0.1) is 0 Å². The summed E-state index contributed by atoms with van der Waals surface area (Å²) in [5.41, 5.74) is 9.31. The van der Waals surface area contributed by atoms with E-state index in [2.05, 4.69) is 52.0 Å². The fraction of sp³-hybridized carbons (Fsp3) is 0.647. The van der Waals surface area contributed by atoms with Gasteiger partial charge in [-0.25, -0.2) is 0 Å². The Bertz CT molecular complexity index is 381. The zero-order valence-electron chi connectivity index (χ0n) is 12.2. The molecular weight excluding hydrogens is 218 g/mol. The van der Waals surface area contributed by atoms with E-state index in [-0.39, 0.29) is 5.54 Å². The highest BCUT2D eigenvalue weighted by molar-refractivity contribution is 5.30. The molecule has 0 saturated heterocycles. The third-order valence-electron chi connectivity index (χ3n) is 4.38. The van der Waals surface area contributed by atoms with E-state index in [1.807, 2.05) is 0 Å². The fourth-order valence-electron chi connectivity index (χ4n) is 3.62. The summed E-state index contributed by atoms with van der Waals surface area (Å²) in [6.07, 6.45) is 3.57. The molecule has 0 spiro atoms. The maximum atomic E-state index is 6.69. The van der Waals surface area contributed by atoms with Crippen LogP contribution in [0.4, 0.5) is 0 Å². The van der Waals surface area contributed by atoms with Crippen LogP contribution in [0, 0.1) is 11.8 Å². The summed E-state index contributed by atoms with van der Waals surface area (Å²) in [5.74, 6) is 2.07. The third-order valence-corrected chi connectivity index (χ3v) is 4.38. The van der Waals surface area contributed by atoms with Gasteiger partial charge in [-0.3, -0.25) is 0 Å². The molecule has 0 aliphatic heterocycles. The van der Waals surface area contributed by atoms with Gasteiger partial charge in [0.15, 0.2) is 0 Å². The lowest BCUT2D eigenvalue weighted by Gasteiger charge is -2.40. The maximum Gasteiger partial charge on any atom is 0.0414 e. The van der Waals surface area contributed by atoms with Gasteiger partial charge in [-0.2, -0.15) is 0 Å². The zero-order valence-corrected chi connectivity index (χ0v) is 12.2. The molecule has 1 aliphatic carbocycles. The largest absolute Gasteiger partial charge is 0.321 e. The first-order chi connectivity index (χ1) is 8.40. The van der Waals surface area contributed by atoms with Crippen molar-refractivity contribution in [2.75, 3.05) is 0 Å². The van der Waals surface area contributed by atoms with Crippen LogP contribution >= 0.6 is 0 Å². The molecule has 1 heteroatoms. The lowest BCUT2D eigenvalue weighted by Crippen LogP contribution is -2.43. The van der Waals surface area contributed by atoms with E-state index in [0.29, 0.717) is 5.92 Å². The molecule has 100 valence electrons. The Hall–Kier alpha value is -0.820. The molecule has 1 saturated carbocycles. The van der Waals surface area contributed by atoms with Crippen LogP contribution in [-0.2, 0) is 5.54 Å². The smallest absolute Gasteiger partial charge is 0.0414 e. The van der Waals surface area contributed by atoms with Crippen molar-refractivity contribution >= 4 is 0 Å². The predicted octanol–water partition coefficient (Wildman–Crippen LogP) is 4.42. The molecule has 1 aromatic rings. The number of hydrogen-bond acceptors (Lipinski definition) is 1. The van der Waals surface area contributed by atoms with E-state index in [1.165, 1.54) is 17.5 Å². The Labute approximate surface area is 112 Å². The van der Waals surface area contributed by atoms with Crippen molar-refractivity contribution in [3.05, 3.63) is 35.4 Å². The Morgan fingerprint density at radius 3 is 2.00 bits per heavy atom. The first-order valence-corrected chi connectivity index (χ1v) is 7.30. The lowest BCUT2D eigenvalue weighted by molar-refractivity contribution is 0.183. The first-order valence-electron chi connectivity index (χ1n) is 7.30. The van der Waals surface area contributed by atoms with Crippen LogP contribution in [0.3, 0.4) is 0 Å². The van der Waals surface area contributed by atoms with Crippen LogP contribution < -0.4 is 5.73 Å². The molecule has 1 aliphatic rings. The average Bonchev–Trinajstić information content (AvgIpc) is 2.27. The topological polar surface area (TPSA) is 26.0 Å². The van der Waals surface area contributed by atoms with E-state index in [9.17, 15) is 0 Å². The molecular formula is C17H27N. The second-order valence-electron chi connectivity index (χ2n) is 6.79. The van der Waals surface area contributed by atoms with Crippen molar-refractivity contribution in [2.45, 2.75) is 58.4 Å². The summed E-state index contributed by atoms with van der Waals surface area (Å²) in [5, 5.41) is 0. The molecule has 2 atom stereocenters. The van der Waals surface area contributed by atoms with Crippen molar-refractivity contribution < 1.29 is 0 Å². The Kier molecular flexibility index (Phi) is 3.82. The second-order valence-corrected chi connectivity index (χ2v) is 6.79. The van der Waals surface area contributed by atoms with Gasteiger partial charge in [-0.1, -0.05) is 52.0 Å². The van der Waals surface area contributed by atoms with Gasteiger partial charge in [0.05, 0.1) is 0 Å². The molecule has 1 aromatic carbocycles. The first kappa shape index (κ1) is 13.6.